The minimum atomic E-state index is -0.124. The zero-order chi connectivity index (χ0) is 66.5. The van der Waals surface area contributed by atoms with Gasteiger partial charge in [0.15, 0.2) is 0 Å². The minimum Gasteiger partial charge on any atom is -0.278 e. The van der Waals surface area contributed by atoms with Crippen LogP contribution in [0.3, 0.4) is 0 Å². The van der Waals surface area contributed by atoms with Crippen molar-refractivity contribution in [1.82, 2.24) is 29.1 Å². The summed E-state index contributed by atoms with van der Waals surface area (Å²) in [6, 6.07) is 107. The van der Waals surface area contributed by atoms with E-state index in [9.17, 15) is 0 Å². The van der Waals surface area contributed by atoms with Crippen LogP contribution in [0.25, 0.3) is 174 Å². The lowest BCUT2D eigenvalue weighted by Crippen LogP contribution is -2.15. The number of aromatic nitrogens is 6. The Labute approximate surface area is 586 Å². The van der Waals surface area contributed by atoms with Crippen LogP contribution in [-0.2, 0) is 10.8 Å². The van der Waals surface area contributed by atoms with Gasteiger partial charge in [-0.25, -0.2) is 19.9 Å². The molecule has 6 heterocycles. The van der Waals surface area contributed by atoms with Crippen molar-refractivity contribution in [2.45, 2.75) is 38.5 Å². The molecule has 8 heteroatoms. The molecule has 0 atom stereocenters. The minimum absolute atomic E-state index is 0.0912. The summed E-state index contributed by atoms with van der Waals surface area (Å²) in [4.78, 5) is 20.7. The van der Waals surface area contributed by atoms with Gasteiger partial charge in [-0.3, -0.25) is 9.13 Å². The van der Waals surface area contributed by atoms with Crippen molar-refractivity contribution < 1.29 is 0 Å². The molecule has 2 aliphatic rings. The molecule has 19 aromatic rings. The highest BCUT2D eigenvalue weighted by molar-refractivity contribution is 7.26. The molecule has 0 unspecified atom stereocenters. The van der Waals surface area contributed by atoms with Crippen LogP contribution in [0.4, 0.5) is 0 Å². The molecule has 0 spiro atoms. The second-order valence-electron chi connectivity index (χ2n) is 27.6. The lowest BCUT2D eigenvalue weighted by Gasteiger charge is -2.21. The molecule has 0 saturated heterocycles. The van der Waals surface area contributed by atoms with Gasteiger partial charge in [-0.1, -0.05) is 264 Å². The largest absolute Gasteiger partial charge is 0.278 e. The van der Waals surface area contributed by atoms with Crippen LogP contribution in [0.15, 0.2) is 303 Å². The summed E-state index contributed by atoms with van der Waals surface area (Å²) in [6.45, 7) is 9.34. The SMILES string of the molecule is CC1(C)c2ccccc2-c2cc3c4ccccc4n(-c4nc(-c5ccccc5)cc(-c5ccc(-c6cccc7c6sc6ccccc67)cc5)n4)c3cc21.CC1(C)c2ccccc2-c2cc3c4ccccc4n(-c4nccc(-c5ccc(-c6cccc7c6sc6ccccc67)cc5)n4)c3cc21. The van der Waals surface area contributed by atoms with Crippen molar-refractivity contribution >= 4 is 107 Å². The number of hydrogen-bond donors (Lipinski definition) is 0. The van der Waals surface area contributed by atoms with Crippen LogP contribution in [0.1, 0.15) is 49.9 Å². The molecule has 13 aromatic carbocycles. The van der Waals surface area contributed by atoms with E-state index in [1.165, 1.54) is 129 Å². The Bertz CT molecular complexity index is 6580. The van der Waals surface area contributed by atoms with Crippen molar-refractivity contribution in [2.75, 3.05) is 0 Å². The molecule has 0 saturated carbocycles. The predicted molar refractivity (Wildman–Crippen MR) is 421 cm³/mol. The van der Waals surface area contributed by atoms with Crippen molar-refractivity contribution in [3.8, 4) is 90.2 Å². The smallest absolute Gasteiger partial charge is 0.235 e. The maximum absolute atomic E-state index is 5.38. The first-order valence-corrected chi connectivity index (χ1v) is 35.9. The fourth-order valence-corrected chi connectivity index (χ4v) is 18.9. The zero-order valence-corrected chi connectivity index (χ0v) is 57.0. The molecule has 0 radical (unpaired) electrons. The number of rotatable bonds is 7. The maximum atomic E-state index is 5.38. The normalized spacial score (nSPS) is 13.4. The van der Waals surface area contributed by atoms with E-state index in [0.717, 1.165) is 55.8 Å². The number of hydrogen-bond acceptors (Lipinski definition) is 6. The van der Waals surface area contributed by atoms with Crippen molar-refractivity contribution in [3.63, 3.8) is 0 Å². The highest BCUT2D eigenvalue weighted by Crippen LogP contribution is 2.53. The van der Waals surface area contributed by atoms with Crippen molar-refractivity contribution in [1.29, 1.82) is 0 Å². The number of nitrogens with zero attached hydrogens (tertiary/aromatic N) is 6. The lowest BCUT2D eigenvalue weighted by atomic mass is 9.82. The molecule has 6 nitrogen and oxygen atoms in total. The van der Waals surface area contributed by atoms with E-state index in [1.807, 2.05) is 34.9 Å². The number of para-hydroxylation sites is 2. The maximum Gasteiger partial charge on any atom is 0.235 e. The van der Waals surface area contributed by atoms with Crippen LogP contribution in [-0.4, -0.2) is 29.1 Å². The first-order valence-electron chi connectivity index (χ1n) is 34.2. The average molecular weight is 1320 g/mol. The second kappa shape index (κ2) is 22.3. The number of thiophene rings is 2. The van der Waals surface area contributed by atoms with E-state index in [1.54, 1.807) is 0 Å². The van der Waals surface area contributed by atoms with Crippen LogP contribution in [0, 0.1) is 0 Å². The summed E-state index contributed by atoms with van der Waals surface area (Å²) in [5, 5.41) is 10.1. The molecule has 0 fully saturated rings. The van der Waals surface area contributed by atoms with Gasteiger partial charge in [0, 0.05) is 95.6 Å². The Kier molecular flexibility index (Phi) is 13.0. The van der Waals surface area contributed by atoms with E-state index < -0.39 is 0 Å². The molecule has 100 heavy (non-hydrogen) atoms. The van der Waals surface area contributed by atoms with E-state index in [2.05, 4.69) is 328 Å². The third kappa shape index (κ3) is 8.93. The first kappa shape index (κ1) is 58.2. The van der Waals surface area contributed by atoms with Crippen LogP contribution in [0.2, 0.25) is 0 Å². The van der Waals surface area contributed by atoms with Crippen molar-refractivity contribution in [2.24, 2.45) is 0 Å². The van der Waals surface area contributed by atoms with Gasteiger partial charge in [-0.2, -0.15) is 0 Å². The topological polar surface area (TPSA) is 61.4 Å². The Morgan fingerprint density at radius 1 is 0.260 bits per heavy atom. The van der Waals surface area contributed by atoms with Gasteiger partial charge in [0.2, 0.25) is 11.9 Å². The molecule has 472 valence electrons. The Morgan fingerprint density at radius 2 is 0.650 bits per heavy atom. The lowest BCUT2D eigenvalue weighted by molar-refractivity contribution is 0.661. The molecule has 0 N–H and O–H groups in total. The molecule has 0 aliphatic heterocycles. The Morgan fingerprint density at radius 3 is 1.17 bits per heavy atom. The predicted octanol–water partition coefficient (Wildman–Crippen LogP) is 24.8. The van der Waals surface area contributed by atoms with Gasteiger partial charge in [-0.05, 0) is 127 Å². The molecular formula is C92H62N6S2. The monoisotopic (exact) mass is 1310 g/mol. The summed E-state index contributed by atoms with van der Waals surface area (Å²) in [7, 11) is 0. The highest BCUT2D eigenvalue weighted by Gasteiger charge is 2.38. The highest BCUT2D eigenvalue weighted by atomic mass is 32.1. The van der Waals surface area contributed by atoms with Crippen LogP contribution >= 0.6 is 22.7 Å². The standard InChI is InChI=1S/C49H33N3S.C43H29N3S/c1-49(2)40-20-9-6-15-34(40)38-27-39-35-16-7-10-21-44(35)52(45(39)28-41(38)49)48-50-42(31-13-4-3-5-14-31)29-43(51-48)32-25-23-30(24-26-32)33-18-12-19-37-36-17-8-11-22-46(36)53-47(33)37;1-43(2)35-15-6-3-10-29(35)33-24-34-30-11-4-7-16-38(30)46(39(34)25-36(33)43)42-44-23-22-37(45-42)27-20-18-26(19-21-27)28-13-9-14-32-31-12-5-8-17-40(31)47-41(28)32/h3-29H,1-2H3;3-25H,1-2H3. The van der Waals surface area contributed by atoms with Gasteiger partial charge >= 0.3 is 0 Å². The summed E-state index contributed by atoms with van der Waals surface area (Å²) >= 11 is 3.73. The Hall–Kier alpha value is -11.9. The third-order valence-electron chi connectivity index (χ3n) is 21.4. The molecular weight excluding hydrogens is 1250 g/mol. The quantitative estimate of drug-likeness (QED) is 0.160. The number of fused-ring (bicyclic) bond motifs is 18. The number of benzene rings is 13. The average Bonchev–Trinajstić information content (AvgIpc) is 1.56. The van der Waals surface area contributed by atoms with Crippen LogP contribution in [0.5, 0.6) is 0 Å². The zero-order valence-electron chi connectivity index (χ0n) is 55.4. The molecule has 21 rings (SSSR count). The molecule has 6 aromatic heterocycles. The second-order valence-corrected chi connectivity index (χ2v) is 29.7. The van der Waals surface area contributed by atoms with Gasteiger partial charge in [-0.15, -0.1) is 22.7 Å². The first-order chi connectivity index (χ1) is 49.1. The molecule has 0 bridgehead atoms. The van der Waals surface area contributed by atoms with Crippen molar-refractivity contribution in [3.05, 3.63) is 326 Å². The Balaban J connectivity index is 0.000000136. The molecule has 2 aliphatic carbocycles. The summed E-state index contributed by atoms with van der Waals surface area (Å²) in [5.41, 5.74) is 25.8. The van der Waals surface area contributed by atoms with Crippen LogP contribution < -0.4 is 0 Å². The van der Waals surface area contributed by atoms with Gasteiger partial charge in [0.1, 0.15) is 0 Å². The van der Waals surface area contributed by atoms with E-state index >= 15 is 0 Å². The summed E-state index contributed by atoms with van der Waals surface area (Å²) in [5.74, 6) is 1.35. The van der Waals surface area contributed by atoms with Gasteiger partial charge < -0.3 is 0 Å². The van der Waals surface area contributed by atoms with Gasteiger partial charge in [0.25, 0.3) is 0 Å². The fraction of sp³-hybridized carbons (Fsp3) is 0.0652. The van der Waals surface area contributed by atoms with E-state index in [4.69, 9.17) is 19.9 Å². The third-order valence-corrected chi connectivity index (χ3v) is 23.8. The summed E-state index contributed by atoms with van der Waals surface area (Å²) < 4.78 is 9.80. The van der Waals surface area contributed by atoms with E-state index in [0.29, 0.717) is 11.9 Å². The van der Waals surface area contributed by atoms with E-state index in [-0.39, 0.29) is 10.8 Å². The fourth-order valence-electron chi connectivity index (χ4n) is 16.4. The molecule has 0 amide bonds. The summed E-state index contributed by atoms with van der Waals surface area (Å²) in [6.07, 6.45) is 1.89. The van der Waals surface area contributed by atoms with Gasteiger partial charge in [0.05, 0.1) is 39.1 Å².